The molecule has 1 unspecified atom stereocenters. The lowest BCUT2D eigenvalue weighted by atomic mass is 10.0. The molecule has 0 aromatic heterocycles. The number of benzene rings is 4. The number of nitrogens with zero attached hydrogens (tertiary/aromatic N) is 2. The molecular weight excluding hydrogens is 586 g/mol. The minimum Gasteiger partial charge on any atom is -0.497 e. The van der Waals surface area contributed by atoms with E-state index in [2.05, 4.69) is 5.32 Å². The summed E-state index contributed by atoms with van der Waals surface area (Å²) in [5, 5.41) is 3.01. The quantitative estimate of drug-likeness (QED) is 0.196. The van der Waals surface area contributed by atoms with E-state index in [4.69, 9.17) is 4.74 Å². The monoisotopic (exact) mass is 627 g/mol. The fraction of sp³-hybridized carbons (Fsp3) is 0.278. The van der Waals surface area contributed by atoms with Gasteiger partial charge < -0.3 is 15.0 Å². The number of aryl methyl sites for hydroxylation is 1. The Hall–Kier alpha value is -4.63. The van der Waals surface area contributed by atoms with Crippen LogP contribution in [-0.2, 0) is 32.6 Å². The number of rotatable bonds is 14. The van der Waals surface area contributed by atoms with E-state index in [9.17, 15) is 18.0 Å². The highest BCUT2D eigenvalue weighted by Crippen LogP contribution is 2.28. The van der Waals surface area contributed by atoms with Crippen LogP contribution in [0.1, 0.15) is 30.5 Å². The number of nitrogens with one attached hydrogen (secondary N) is 1. The molecule has 8 nitrogen and oxygen atoms in total. The summed E-state index contributed by atoms with van der Waals surface area (Å²) in [7, 11) is -2.69. The van der Waals surface area contributed by atoms with Crippen molar-refractivity contribution in [2.45, 2.75) is 44.7 Å². The zero-order chi connectivity index (χ0) is 32.4. The zero-order valence-electron chi connectivity index (χ0n) is 26.2. The highest BCUT2D eigenvalue weighted by atomic mass is 32.2. The third kappa shape index (κ3) is 8.95. The molecule has 0 radical (unpaired) electrons. The summed E-state index contributed by atoms with van der Waals surface area (Å²) in [6.45, 7) is 5.99. The summed E-state index contributed by atoms with van der Waals surface area (Å²) in [5.41, 5.74) is 2.99. The molecule has 9 heteroatoms. The Morgan fingerprint density at radius 3 is 2.11 bits per heavy atom. The fourth-order valence-corrected chi connectivity index (χ4v) is 6.42. The summed E-state index contributed by atoms with van der Waals surface area (Å²) in [6.07, 6.45) is 0.257. The van der Waals surface area contributed by atoms with Crippen LogP contribution >= 0.6 is 0 Å². The Kier molecular flexibility index (Phi) is 11.4. The number of carbonyl (C=O) groups is 2. The van der Waals surface area contributed by atoms with Gasteiger partial charge in [0, 0.05) is 25.6 Å². The number of ether oxygens (including phenoxy) is 1. The van der Waals surface area contributed by atoms with E-state index in [0.717, 1.165) is 21.0 Å². The van der Waals surface area contributed by atoms with Crippen molar-refractivity contribution in [1.29, 1.82) is 0 Å². The van der Waals surface area contributed by atoms with E-state index in [1.165, 1.54) is 24.1 Å². The summed E-state index contributed by atoms with van der Waals surface area (Å²) in [4.78, 5) is 29.9. The van der Waals surface area contributed by atoms with Gasteiger partial charge >= 0.3 is 0 Å². The number of hydrogen-bond acceptors (Lipinski definition) is 5. The molecule has 0 bridgehead atoms. The minimum absolute atomic E-state index is 0.0429. The highest BCUT2D eigenvalue weighted by molar-refractivity contribution is 7.92. The number of anilines is 1. The van der Waals surface area contributed by atoms with Crippen molar-refractivity contribution in [3.63, 3.8) is 0 Å². The van der Waals surface area contributed by atoms with E-state index in [1.54, 1.807) is 42.5 Å². The molecule has 1 atom stereocenters. The van der Waals surface area contributed by atoms with Gasteiger partial charge in [0.25, 0.3) is 10.0 Å². The number of amides is 2. The van der Waals surface area contributed by atoms with Crippen molar-refractivity contribution in [2.75, 3.05) is 24.5 Å². The molecule has 1 N–H and O–H groups in total. The van der Waals surface area contributed by atoms with Gasteiger partial charge in [-0.15, -0.1) is 0 Å². The van der Waals surface area contributed by atoms with Gasteiger partial charge in [0.05, 0.1) is 17.7 Å². The lowest BCUT2D eigenvalue weighted by Crippen LogP contribution is -2.53. The summed E-state index contributed by atoms with van der Waals surface area (Å²) >= 11 is 0. The van der Waals surface area contributed by atoms with Gasteiger partial charge in [-0.05, 0) is 48.2 Å². The highest BCUT2D eigenvalue weighted by Gasteiger charge is 2.34. The third-order valence-electron chi connectivity index (χ3n) is 7.34. The summed E-state index contributed by atoms with van der Waals surface area (Å²) in [6, 6.07) is 30.9. The van der Waals surface area contributed by atoms with Crippen molar-refractivity contribution >= 4 is 27.5 Å². The number of carbonyl (C=O) groups excluding carboxylic acids is 2. The average molecular weight is 628 g/mol. The predicted octanol–water partition coefficient (Wildman–Crippen LogP) is 5.61. The topological polar surface area (TPSA) is 96.0 Å². The molecule has 4 rings (SSSR count). The smallest absolute Gasteiger partial charge is 0.264 e. The number of methoxy groups -OCH3 is 1. The first-order valence-corrected chi connectivity index (χ1v) is 16.4. The maximum atomic E-state index is 14.5. The van der Waals surface area contributed by atoms with Crippen molar-refractivity contribution < 1.29 is 22.7 Å². The van der Waals surface area contributed by atoms with Gasteiger partial charge in [0.2, 0.25) is 11.8 Å². The van der Waals surface area contributed by atoms with Crippen LogP contribution in [0.15, 0.2) is 114 Å². The maximum absolute atomic E-state index is 14.5. The number of sulfonamides is 1. The molecule has 0 heterocycles. The van der Waals surface area contributed by atoms with Gasteiger partial charge in [-0.2, -0.15) is 0 Å². The molecular formula is C36H41N3O5S. The SMILES string of the molecule is COc1cccc(N(CC(=O)N(Cc2cccc(C)c2)C(Cc2ccccc2)C(=O)NCC(C)C)S(=O)(=O)c2ccccc2)c1. The molecule has 0 aliphatic carbocycles. The third-order valence-corrected chi connectivity index (χ3v) is 9.13. The average Bonchev–Trinajstić information content (AvgIpc) is 3.04. The van der Waals surface area contributed by atoms with Crippen molar-refractivity contribution in [3.05, 3.63) is 126 Å². The zero-order valence-corrected chi connectivity index (χ0v) is 27.0. The Labute approximate surface area is 266 Å². The van der Waals surface area contributed by atoms with Crippen molar-refractivity contribution in [3.8, 4) is 5.75 Å². The number of hydrogen-bond donors (Lipinski definition) is 1. The lowest BCUT2D eigenvalue weighted by molar-refractivity contribution is -0.140. The van der Waals surface area contributed by atoms with Gasteiger partial charge in [-0.3, -0.25) is 13.9 Å². The van der Waals surface area contributed by atoms with Crippen LogP contribution in [0.3, 0.4) is 0 Å². The lowest BCUT2D eigenvalue weighted by Gasteiger charge is -2.34. The minimum atomic E-state index is -4.18. The standard InChI is InChI=1S/C36H41N3O5S/c1-27(2)24-37-36(41)34(22-29-14-7-5-8-15-29)38(25-30-16-11-13-28(3)21-30)35(40)26-39(31-17-12-18-32(23-31)44-4)45(42,43)33-19-9-6-10-20-33/h5-21,23,27,34H,22,24-26H2,1-4H3,(H,37,41). The van der Waals surface area contributed by atoms with Gasteiger partial charge in [-0.1, -0.05) is 98.3 Å². The predicted molar refractivity (Wildman–Crippen MR) is 177 cm³/mol. The van der Waals surface area contributed by atoms with Crippen LogP contribution in [0.5, 0.6) is 5.75 Å². The first-order valence-electron chi connectivity index (χ1n) is 15.0. The summed E-state index contributed by atoms with van der Waals surface area (Å²) in [5.74, 6) is -0.168. The van der Waals surface area contributed by atoms with Crippen LogP contribution in [0.2, 0.25) is 0 Å². The molecule has 4 aromatic rings. The molecule has 0 saturated carbocycles. The molecule has 2 amide bonds. The second-order valence-electron chi connectivity index (χ2n) is 11.4. The maximum Gasteiger partial charge on any atom is 0.264 e. The molecule has 0 fully saturated rings. The van der Waals surface area contributed by atoms with Crippen LogP contribution < -0.4 is 14.4 Å². The first kappa shape index (κ1) is 33.3. The largest absolute Gasteiger partial charge is 0.497 e. The van der Waals surface area contributed by atoms with Crippen LogP contribution in [-0.4, -0.2) is 51.4 Å². The molecule has 236 valence electrons. The van der Waals surface area contributed by atoms with Crippen molar-refractivity contribution in [2.24, 2.45) is 5.92 Å². The molecule has 45 heavy (non-hydrogen) atoms. The Morgan fingerprint density at radius 1 is 0.822 bits per heavy atom. The first-order chi connectivity index (χ1) is 21.6. The van der Waals surface area contributed by atoms with E-state index in [-0.39, 0.29) is 35.4 Å². The van der Waals surface area contributed by atoms with E-state index in [1.807, 2.05) is 75.4 Å². The normalized spacial score (nSPS) is 11.9. The van der Waals surface area contributed by atoms with Gasteiger partial charge in [-0.25, -0.2) is 8.42 Å². The second kappa shape index (κ2) is 15.4. The second-order valence-corrected chi connectivity index (χ2v) is 13.2. The van der Waals surface area contributed by atoms with Crippen LogP contribution in [0.4, 0.5) is 5.69 Å². The van der Waals surface area contributed by atoms with Crippen LogP contribution in [0, 0.1) is 12.8 Å². The van der Waals surface area contributed by atoms with Crippen molar-refractivity contribution in [1.82, 2.24) is 10.2 Å². The van der Waals surface area contributed by atoms with E-state index in [0.29, 0.717) is 12.3 Å². The molecule has 0 aliphatic rings. The molecule has 0 spiro atoms. The molecule has 0 saturated heterocycles. The Bertz CT molecular complexity index is 1680. The summed E-state index contributed by atoms with van der Waals surface area (Å²) < 4.78 is 34.7. The van der Waals surface area contributed by atoms with Crippen LogP contribution in [0.25, 0.3) is 0 Å². The Morgan fingerprint density at radius 2 is 1.47 bits per heavy atom. The van der Waals surface area contributed by atoms with Gasteiger partial charge in [0.15, 0.2) is 0 Å². The molecule has 4 aromatic carbocycles. The van der Waals surface area contributed by atoms with E-state index < -0.39 is 28.5 Å². The van der Waals surface area contributed by atoms with E-state index >= 15 is 0 Å². The molecule has 0 aliphatic heterocycles. The fourth-order valence-electron chi connectivity index (χ4n) is 5.00. The Balaban J connectivity index is 1.80. The van der Waals surface area contributed by atoms with Gasteiger partial charge in [0.1, 0.15) is 18.3 Å².